The van der Waals surface area contributed by atoms with Gasteiger partial charge in [-0.2, -0.15) is 0 Å². The Bertz CT molecular complexity index is 638. The number of carbonyl (C=O) groups is 1. The number of hydrazine groups is 1. The quantitative estimate of drug-likeness (QED) is 0.421. The number of hydrogen-bond acceptors (Lipinski definition) is 6. The van der Waals surface area contributed by atoms with Gasteiger partial charge in [0.1, 0.15) is 0 Å². The maximum absolute atomic E-state index is 12.6. The first-order valence-corrected chi connectivity index (χ1v) is 10.0. The number of thiocarbonyl (C=S) groups is 1. The lowest BCUT2D eigenvalue weighted by Crippen LogP contribution is -2.48. The van der Waals surface area contributed by atoms with Gasteiger partial charge in [-0.15, -0.1) is 0 Å². The lowest BCUT2D eigenvalue weighted by molar-refractivity contribution is 0.0942. The molecule has 156 valence electrons. The second-order valence-electron chi connectivity index (χ2n) is 6.02. The Balaban J connectivity index is 2.01. The summed E-state index contributed by atoms with van der Waals surface area (Å²) in [7, 11) is 0. The summed E-state index contributed by atoms with van der Waals surface area (Å²) in [5.41, 5.74) is 5.64. The summed E-state index contributed by atoms with van der Waals surface area (Å²) < 4.78 is 22.4. The molecule has 1 aliphatic heterocycles. The molecule has 1 heterocycles. The van der Waals surface area contributed by atoms with E-state index in [2.05, 4.69) is 16.2 Å². The predicted molar refractivity (Wildman–Crippen MR) is 110 cm³/mol. The van der Waals surface area contributed by atoms with E-state index in [0.717, 1.165) is 19.4 Å². The minimum Gasteiger partial charge on any atom is -0.490 e. The number of carbonyl (C=O) groups excluding carboxylic acids is 1. The molecule has 1 amide bonds. The molecule has 1 aliphatic rings. The maximum atomic E-state index is 12.6. The number of rotatable bonds is 9. The Morgan fingerprint density at radius 3 is 2.29 bits per heavy atom. The second-order valence-corrected chi connectivity index (χ2v) is 6.43. The van der Waals surface area contributed by atoms with E-state index in [1.54, 1.807) is 12.1 Å². The topological polar surface area (TPSA) is 90.1 Å². The molecule has 2 rings (SSSR count). The van der Waals surface area contributed by atoms with E-state index in [0.29, 0.717) is 54.3 Å². The molecule has 1 fully saturated rings. The highest BCUT2D eigenvalue weighted by molar-refractivity contribution is 7.80. The highest BCUT2D eigenvalue weighted by Gasteiger charge is 2.19. The largest absolute Gasteiger partial charge is 0.490 e. The molecule has 3 N–H and O–H groups in total. The highest BCUT2D eigenvalue weighted by atomic mass is 32.1. The molecule has 1 aromatic rings. The zero-order valence-electron chi connectivity index (χ0n) is 16.6. The van der Waals surface area contributed by atoms with Gasteiger partial charge in [-0.3, -0.25) is 15.6 Å². The normalized spacial score (nSPS) is 15.6. The summed E-state index contributed by atoms with van der Waals surface area (Å²) >= 11 is 5.19. The molecule has 0 radical (unpaired) electrons. The van der Waals surface area contributed by atoms with Crippen molar-refractivity contribution in [2.75, 3.05) is 33.0 Å². The molecule has 1 aromatic carbocycles. The van der Waals surface area contributed by atoms with Crippen LogP contribution in [0, 0.1) is 0 Å². The first kappa shape index (κ1) is 22.0. The van der Waals surface area contributed by atoms with Gasteiger partial charge in [0.15, 0.2) is 16.6 Å². The number of nitrogens with one attached hydrogen (secondary N) is 3. The van der Waals surface area contributed by atoms with E-state index in [9.17, 15) is 4.79 Å². The van der Waals surface area contributed by atoms with Gasteiger partial charge in [0.05, 0.1) is 25.9 Å². The van der Waals surface area contributed by atoms with Crippen molar-refractivity contribution in [2.45, 2.75) is 39.7 Å². The zero-order valence-corrected chi connectivity index (χ0v) is 17.4. The molecule has 0 saturated carbocycles. The molecular weight excluding hydrogens is 382 g/mol. The van der Waals surface area contributed by atoms with Crippen LogP contribution in [0.5, 0.6) is 17.2 Å². The highest BCUT2D eigenvalue weighted by Crippen LogP contribution is 2.39. The fourth-order valence-corrected chi connectivity index (χ4v) is 2.90. The average molecular weight is 412 g/mol. The monoisotopic (exact) mass is 411 g/mol. The Morgan fingerprint density at radius 1 is 1.11 bits per heavy atom. The van der Waals surface area contributed by atoms with Gasteiger partial charge in [-0.25, -0.2) is 0 Å². The van der Waals surface area contributed by atoms with Gasteiger partial charge in [0, 0.05) is 18.7 Å². The van der Waals surface area contributed by atoms with Crippen LogP contribution in [-0.4, -0.2) is 50.1 Å². The van der Waals surface area contributed by atoms with E-state index in [4.69, 9.17) is 31.2 Å². The molecule has 1 saturated heterocycles. The first-order chi connectivity index (χ1) is 13.6. The Labute approximate surface area is 171 Å². The van der Waals surface area contributed by atoms with Crippen LogP contribution in [-0.2, 0) is 4.74 Å². The Hall–Kier alpha value is -2.26. The molecule has 0 aliphatic carbocycles. The summed E-state index contributed by atoms with van der Waals surface area (Å²) in [6.07, 6.45) is 2.23. The number of amides is 1. The molecule has 28 heavy (non-hydrogen) atoms. The van der Waals surface area contributed by atoms with E-state index in [-0.39, 0.29) is 12.0 Å². The summed E-state index contributed by atoms with van der Waals surface area (Å²) in [6, 6.07) is 3.24. The van der Waals surface area contributed by atoms with Gasteiger partial charge in [0.2, 0.25) is 5.75 Å². The third-order valence-corrected chi connectivity index (χ3v) is 4.22. The van der Waals surface area contributed by atoms with Crippen molar-refractivity contribution < 1.29 is 23.7 Å². The van der Waals surface area contributed by atoms with Crippen LogP contribution in [0.25, 0.3) is 0 Å². The van der Waals surface area contributed by atoms with Crippen LogP contribution in [0.4, 0.5) is 0 Å². The van der Waals surface area contributed by atoms with Crippen LogP contribution in [0.3, 0.4) is 0 Å². The van der Waals surface area contributed by atoms with Crippen molar-refractivity contribution in [3.8, 4) is 17.2 Å². The second kappa shape index (κ2) is 11.6. The third kappa shape index (κ3) is 6.42. The summed E-state index contributed by atoms with van der Waals surface area (Å²) in [4.78, 5) is 12.6. The molecule has 9 heteroatoms. The van der Waals surface area contributed by atoms with Crippen molar-refractivity contribution in [1.29, 1.82) is 0 Å². The lowest BCUT2D eigenvalue weighted by atomic mass is 10.1. The predicted octanol–water partition coefficient (Wildman–Crippen LogP) is 2.17. The molecule has 0 aromatic heterocycles. The van der Waals surface area contributed by atoms with Crippen LogP contribution in [0.1, 0.15) is 44.0 Å². The van der Waals surface area contributed by atoms with Crippen molar-refractivity contribution in [1.82, 2.24) is 16.2 Å². The first-order valence-electron chi connectivity index (χ1n) is 9.61. The molecular formula is C19H29N3O5S. The SMILES string of the molecule is CCOc1cc(C(=O)NNC(=S)NC[C@H]2CCCO2)cc(OCC)c1OCC. The number of hydrogen-bond donors (Lipinski definition) is 3. The summed E-state index contributed by atoms with van der Waals surface area (Å²) in [6.45, 7) is 8.32. The fourth-order valence-electron chi connectivity index (χ4n) is 2.76. The summed E-state index contributed by atoms with van der Waals surface area (Å²) in [5, 5.41) is 3.36. The molecule has 8 nitrogen and oxygen atoms in total. The fraction of sp³-hybridized carbons (Fsp3) is 0.579. The minimum absolute atomic E-state index is 0.157. The lowest BCUT2D eigenvalue weighted by Gasteiger charge is -2.18. The van der Waals surface area contributed by atoms with E-state index >= 15 is 0 Å². The van der Waals surface area contributed by atoms with Gasteiger partial charge < -0.3 is 24.3 Å². The van der Waals surface area contributed by atoms with Crippen molar-refractivity contribution in [3.05, 3.63) is 17.7 Å². The van der Waals surface area contributed by atoms with E-state index < -0.39 is 0 Å². The average Bonchev–Trinajstić information content (AvgIpc) is 3.20. The Kier molecular flexibility index (Phi) is 9.09. The number of ether oxygens (including phenoxy) is 4. The van der Waals surface area contributed by atoms with Crippen molar-refractivity contribution in [3.63, 3.8) is 0 Å². The maximum Gasteiger partial charge on any atom is 0.269 e. The van der Waals surface area contributed by atoms with Crippen LogP contribution in [0.2, 0.25) is 0 Å². The molecule has 0 unspecified atom stereocenters. The van der Waals surface area contributed by atoms with E-state index in [1.165, 1.54) is 0 Å². The van der Waals surface area contributed by atoms with Crippen molar-refractivity contribution >= 4 is 23.2 Å². The Morgan fingerprint density at radius 2 is 1.75 bits per heavy atom. The molecule has 0 spiro atoms. The molecule has 1 atom stereocenters. The van der Waals surface area contributed by atoms with Crippen LogP contribution in [0.15, 0.2) is 12.1 Å². The van der Waals surface area contributed by atoms with Gasteiger partial charge in [0.25, 0.3) is 5.91 Å². The standard InChI is InChI=1S/C19H29N3O5S/c1-4-24-15-10-13(11-16(25-5-2)17(15)26-6-3)18(23)21-22-19(28)20-12-14-8-7-9-27-14/h10-11,14H,4-9,12H2,1-3H3,(H,21,23)(H2,20,22,28)/t14-/m1/s1. The van der Waals surface area contributed by atoms with Crippen LogP contribution >= 0.6 is 12.2 Å². The number of benzene rings is 1. The van der Waals surface area contributed by atoms with Crippen LogP contribution < -0.4 is 30.4 Å². The van der Waals surface area contributed by atoms with Gasteiger partial charge >= 0.3 is 0 Å². The third-order valence-electron chi connectivity index (χ3n) is 3.98. The summed E-state index contributed by atoms with van der Waals surface area (Å²) in [5.74, 6) is 1.04. The molecule has 0 bridgehead atoms. The smallest absolute Gasteiger partial charge is 0.269 e. The zero-order chi connectivity index (χ0) is 20.4. The van der Waals surface area contributed by atoms with Crippen molar-refractivity contribution in [2.24, 2.45) is 0 Å². The van der Waals surface area contributed by atoms with Gasteiger partial charge in [-0.1, -0.05) is 0 Å². The van der Waals surface area contributed by atoms with Gasteiger partial charge in [-0.05, 0) is 58.0 Å². The van der Waals surface area contributed by atoms with E-state index in [1.807, 2.05) is 20.8 Å². The minimum atomic E-state index is -0.369.